The lowest BCUT2D eigenvalue weighted by molar-refractivity contribution is -0.151. The molecule has 0 aromatic carbocycles. The fourth-order valence-corrected chi connectivity index (χ4v) is 1.28. The fraction of sp³-hybridized carbons (Fsp3) is 0.625. The van der Waals surface area contributed by atoms with Crippen molar-refractivity contribution in [3.63, 3.8) is 0 Å². The Morgan fingerprint density at radius 1 is 1.83 bits per heavy atom. The van der Waals surface area contributed by atoms with Crippen LogP contribution in [0.1, 0.15) is 12.8 Å². The molecule has 3 N–H and O–H groups in total. The highest BCUT2D eigenvalue weighted by atomic mass is 16.5. The van der Waals surface area contributed by atoms with Gasteiger partial charge < -0.3 is 15.6 Å². The van der Waals surface area contributed by atoms with Crippen LogP contribution in [0.5, 0.6) is 0 Å². The summed E-state index contributed by atoms with van der Waals surface area (Å²) in [7, 11) is 1.27. The predicted octanol–water partition coefficient (Wildman–Crippen LogP) is -0.432. The van der Waals surface area contributed by atoms with E-state index in [0.717, 1.165) is 0 Å². The maximum absolute atomic E-state index is 11.2. The van der Waals surface area contributed by atoms with E-state index >= 15 is 0 Å². The van der Waals surface area contributed by atoms with Gasteiger partial charge in [0.15, 0.2) is 0 Å². The molecule has 12 heavy (non-hydrogen) atoms. The molecule has 0 aliphatic heterocycles. The predicted molar refractivity (Wildman–Crippen MR) is 43.3 cm³/mol. The maximum Gasteiger partial charge on any atom is 0.328 e. The van der Waals surface area contributed by atoms with Crippen LogP contribution in [0.4, 0.5) is 0 Å². The first-order valence-corrected chi connectivity index (χ1v) is 3.83. The van der Waals surface area contributed by atoms with E-state index in [2.05, 4.69) is 4.74 Å². The molecule has 4 heteroatoms. The van der Waals surface area contributed by atoms with Crippen molar-refractivity contribution < 1.29 is 14.6 Å². The SMILES string of the molecule is COC(=O)[C@]1(N)CCC=C[C@H]1O. The number of allylic oxidation sites excluding steroid dienone is 1. The Balaban J connectivity index is 2.82. The smallest absolute Gasteiger partial charge is 0.328 e. The van der Waals surface area contributed by atoms with Gasteiger partial charge in [0.05, 0.1) is 7.11 Å². The number of hydrogen-bond acceptors (Lipinski definition) is 4. The minimum atomic E-state index is -1.25. The first kappa shape index (κ1) is 9.22. The molecule has 1 aliphatic carbocycles. The number of ether oxygens (including phenoxy) is 1. The van der Waals surface area contributed by atoms with Crippen molar-refractivity contribution in [3.8, 4) is 0 Å². The average molecular weight is 171 g/mol. The van der Waals surface area contributed by atoms with Crippen LogP contribution in [0, 0.1) is 0 Å². The summed E-state index contributed by atoms with van der Waals surface area (Å²) in [5.41, 5.74) is 4.43. The van der Waals surface area contributed by atoms with Gasteiger partial charge in [0.2, 0.25) is 0 Å². The van der Waals surface area contributed by atoms with Crippen LogP contribution in [-0.2, 0) is 9.53 Å². The molecule has 0 aromatic rings. The minimum Gasteiger partial charge on any atom is -0.468 e. The van der Waals surface area contributed by atoms with Gasteiger partial charge in [0.25, 0.3) is 0 Å². The Bertz CT molecular complexity index is 214. The molecule has 0 spiro atoms. The molecule has 1 aliphatic rings. The van der Waals surface area contributed by atoms with E-state index in [1.807, 2.05) is 0 Å². The molecule has 2 atom stereocenters. The van der Waals surface area contributed by atoms with Crippen LogP contribution in [-0.4, -0.2) is 29.8 Å². The lowest BCUT2D eigenvalue weighted by atomic mass is 9.84. The first-order chi connectivity index (χ1) is 5.61. The molecule has 0 radical (unpaired) electrons. The van der Waals surface area contributed by atoms with Gasteiger partial charge >= 0.3 is 5.97 Å². The number of aliphatic hydroxyl groups excluding tert-OH is 1. The second-order valence-electron chi connectivity index (χ2n) is 2.94. The van der Waals surface area contributed by atoms with Crippen LogP contribution in [0.25, 0.3) is 0 Å². The van der Waals surface area contributed by atoms with Gasteiger partial charge in [-0.1, -0.05) is 12.2 Å². The lowest BCUT2D eigenvalue weighted by Crippen LogP contribution is -2.58. The largest absolute Gasteiger partial charge is 0.468 e. The normalized spacial score (nSPS) is 34.8. The van der Waals surface area contributed by atoms with E-state index in [4.69, 9.17) is 5.73 Å². The molecular formula is C8H13NO3. The third-order valence-electron chi connectivity index (χ3n) is 2.14. The molecule has 0 aromatic heterocycles. The molecule has 0 fully saturated rings. The Morgan fingerprint density at radius 2 is 2.50 bits per heavy atom. The number of rotatable bonds is 1. The summed E-state index contributed by atoms with van der Waals surface area (Å²) in [4.78, 5) is 11.2. The molecule has 68 valence electrons. The number of carbonyl (C=O) groups is 1. The van der Waals surface area contributed by atoms with Gasteiger partial charge in [-0.2, -0.15) is 0 Å². The topological polar surface area (TPSA) is 72.5 Å². The summed E-state index contributed by atoms with van der Waals surface area (Å²) in [5.74, 6) is -0.556. The quantitative estimate of drug-likeness (QED) is 0.414. The van der Waals surface area contributed by atoms with Crippen molar-refractivity contribution in [2.45, 2.75) is 24.5 Å². The fourth-order valence-electron chi connectivity index (χ4n) is 1.28. The number of esters is 1. The molecule has 0 unspecified atom stereocenters. The summed E-state index contributed by atoms with van der Waals surface area (Å²) in [5, 5.41) is 9.42. The van der Waals surface area contributed by atoms with Crippen LogP contribution in [0.15, 0.2) is 12.2 Å². The van der Waals surface area contributed by atoms with Crippen molar-refractivity contribution in [3.05, 3.63) is 12.2 Å². The molecule has 0 heterocycles. The summed E-state index contributed by atoms with van der Waals surface area (Å²) in [6.07, 6.45) is 3.53. The van der Waals surface area contributed by atoms with E-state index in [1.54, 1.807) is 6.08 Å². The van der Waals surface area contributed by atoms with Gasteiger partial charge in [-0.25, -0.2) is 4.79 Å². The lowest BCUT2D eigenvalue weighted by Gasteiger charge is -2.31. The average Bonchev–Trinajstić information content (AvgIpc) is 2.09. The molecule has 0 bridgehead atoms. The minimum absolute atomic E-state index is 0.428. The second kappa shape index (κ2) is 3.25. The molecule has 0 amide bonds. The zero-order valence-electron chi connectivity index (χ0n) is 6.99. The standard InChI is InChI=1S/C8H13NO3/c1-12-7(11)8(9)5-3-2-4-6(8)10/h2,4,6,10H,3,5,9H2,1H3/t6-,8+/m1/s1. The van der Waals surface area contributed by atoms with Gasteiger partial charge in [0, 0.05) is 0 Å². The zero-order chi connectivity index (χ0) is 9.19. The molecule has 0 saturated heterocycles. The van der Waals surface area contributed by atoms with E-state index in [0.29, 0.717) is 12.8 Å². The molecular weight excluding hydrogens is 158 g/mol. The number of aliphatic hydroxyl groups is 1. The van der Waals surface area contributed by atoms with Crippen LogP contribution < -0.4 is 5.73 Å². The Morgan fingerprint density at radius 3 is 3.00 bits per heavy atom. The van der Waals surface area contributed by atoms with Gasteiger partial charge in [-0.05, 0) is 12.8 Å². The van der Waals surface area contributed by atoms with Crippen LogP contribution in [0.2, 0.25) is 0 Å². The Labute approximate surface area is 71.0 Å². The van der Waals surface area contributed by atoms with E-state index in [9.17, 15) is 9.90 Å². The highest BCUT2D eigenvalue weighted by molar-refractivity contribution is 5.82. The van der Waals surface area contributed by atoms with Crippen molar-refractivity contribution >= 4 is 5.97 Å². The summed E-state index contributed by atoms with van der Waals surface area (Å²) in [6, 6.07) is 0. The highest BCUT2D eigenvalue weighted by Gasteiger charge is 2.42. The monoisotopic (exact) mass is 171 g/mol. The number of hydrogen-bond donors (Lipinski definition) is 2. The third-order valence-corrected chi connectivity index (χ3v) is 2.14. The van der Waals surface area contributed by atoms with E-state index in [1.165, 1.54) is 13.2 Å². The number of carbonyl (C=O) groups excluding carboxylic acids is 1. The summed E-state index contributed by atoms with van der Waals surface area (Å²) in [6.45, 7) is 0. The van der Waals surface area contributed by atoms with Gasteiger partial charge in [-0.3, -0.25) is 0 Å². The van der Waals surface area contributed by atoms with Crippen molar-refractivity contribution in [1.82, 2.24) is 0 Å². The summed E-state index contributed by atoms with van der Waals surface area (Å²) >= 11 is 0. The first-order valence-electron chi connectivity index (χ1n) is 3.83. The second-order valence-corrected chi connectivity index (χ2v) is 2.94. The number of methoxy groups -OCH3 is 1. The van der Waals surface area contributed by atoms with E-state index in [-0.39, 0.29) is 0 Å². The maximum atomic E-state index is 11.2. The van der Waals surface area contributed by atoms with Crippen LogP contribution >= 0.6 is 0 Å². The van der Waals surface area contributed by atoms with Gasteiger partial charge in [-0.15, -0.1) is 0 Å². The Kier molecular flexibility index (Phi) is 2.49. The molecule has 4 nitrogen and oxygen atoms in total. The highest BCUT2D eigenvalue weighted by Crippen LogP contribution is 2.22. The van der Waals surface area contributed by atoms with Crippen molar-refractivity contribution in [1.29, 1.82) is 0 Å². The van der Waals surface area contributed by atoms with Crippen molar-refractivity contribution in [2.24, 2.45) is 5.73 Å². The number of nitrogens with two attached hydrogens (primary N) is 1. The van der Waals surface area contributed by atoms with Crippen molar-refractivity contribution in [2.75, 3.05) is 7.11 Å². The Hall–Kier alpha value is -0.870. The molecule has 0 saturated carbocycles. The third kappa shape index (κ3) is 1.35. The molecule has 1 rings (SSSR count). The van der Waals surface area contributed by atoms with Crippen LogP contribution in [0.3, 0.4) is 0 Å². The zero-order valence-corrected chi connectivity index (χ0v) is 6.99. The summed E-state index contributed by atoms with van der Waals surface area (Å²) < 4.78 is 4.51. The van der Waals surface area contributed by atoms with Gasteiger partial charge in [0.1, 0.15) is 11.6 Å². The van der Waals surface area contributed by atoms with E-state index < -0.39 is 17.6 Å².